The van der Waals surface area contributed by atoms with Crippen molar-refractivity contribution in [1.82, 2.24) is 15.1 Å². The van der Waals surface area contributed by atoms with Gasteiger partial charge in [0.05, 0.1) is 0 Å². The maximum atomic E-state index is 12.5. The van der Waals surface area contributed by atoms with E-state index < -0.39 is 6.04 Å². The van der Waals surface area contributed by atoms with Crippen LogP contribution in [0.4, 0.5) is 0 Å². The molecule has 2 atom stereocenters. The minimum atomic E-state index is -0.532. The summed E-state index contributed by atoms with van der Waals surface area (Å²) >= 11 is 1.53. The fraction of sp³-hybridized carbons (Fsp3) is 0.429. The summed E-state index contributed by atoms with van der Waals surface area (Å²) in [6, 6.07) is 5.30. The van der Waals surface area contributed by atoms with Crippen LogP contribution in [-0.2, 0) is 4.79 Å². The summed E-state index contributed by atoms with van der Waals surface area (Å²) in [5.41, 5.74) is 7.18. The molecule has 1 aliphatic heterocycles. The van der Waals surface area contributed by atoms with Crippen molar-refractivity contribution in [3.63, 3.8) is 0 Å². The molecule has 1 amide bonds. The molecule has 3 heterocycles. The van der Waals surface area contributed by atoms with E-state index >= 15 is 0 Å². The third kappa shape index (κ3) is 2.62. The Balaban J connectivity index is 1.69. The van der Waals surface area contributed by atoms with Crippen LogP contribution in [0.2, 0.25) is 0 Å². The predicted octanol–water partition coefficient (Wildman–Crippen LogP) is 1.88. The van der Waals surface area contributed by atoms with Gasteiger partial charge in [-0.25, -0.2) is 0 Å². The lowest BCUT2D eigenvalue weighted by molar-refractivity contribution is -0.133. The van der Waals surface area contributed by atoms with Crippen molar-refractivity contribution in [3.05, 3.63) is 40.3 Å². The van der Waals surface area contributed by atoms with Gasteiger partial charge >= 0.3 is 0 Å². The van der Waals surface area contributed by atoms with Crippen LogP contribution in [0.1, 0.15) is 35.4 Å². The number of carbonyl (C=O) groups is 1. The molecular formula is C14H18N4OS. The van der Waals surface area contributed by atoms with Gasteiger partial charge in [-0.1, -0.05) is 6.07 Å². The molecule has 2 aromatic heterocycles. The molecule has 1 aliphatic rings. The lowest BCUT2D eigenvalue weighted by Crippen LogP contribution is -2.43. The molecule has 3 N–H and O–H groups in total. The van der Waals surface area contributed by atoms with E-state index in [1.165, 1.54) is 11.3 Å². The first-order valence-corrected chi connectivity index (χ1v) is 7.70. The van der Waals surface area contributed by atoms with Gasteiger partial charge in [-0.05, 0) is 30.4 Å². The van der Waals surface area contributed by atoms with E-state index in [9.17, 15) is 4.79 Å². The summed E-state index contributed by atoms with van der Waals surface area (Å²) in [5.74, 6) is 0.363. The molecule has 0 spiro atoms. The van der Waals surface area contributed by atoms with Crippen LogP contribution >= 0.6 is 11.3 Å². The second-order valence-electron chi connectivity index (χ2n) is 5.13. The first kappa shape index (κ1) is 13.3. The van der Waals surface area contributed by atoms with Crippen molar-refractivity contribution < 1.29 is 4.79 Å². The van der Waals surface area contributed by atoms with E-state index in [1.807, 2.05) is 28.5 Å². The molecule has 0 radical (unpaired) electrons. The van der Waals surface area contributed by atoms with Gasteiger partial charge in [0, 0.05) is 35.8 Å². The maximum absolute atomic E-state index is 12.5. The first-order chi connectivity index (χ1) is 9.75. The Labute approximate surface area is 121 Å². The molecule has 6 heteroatoms. The predicted molar refractivity (Wildman–Crippen MR) is 78.4 cm³/mol. The van der Waals surface area contributed by atoms with Gasteiger partial charge in [-0.3, -0.25) is 9.89 Å². The Bertz CT molecular complexity index is 552. The van der Waals surface area contributed by atoms with Gasteiger partial charge < -0.3 is 10.6 Å². The third-order valence-corrected chi connectivity index (χ3v) is 4.77. The van der Waals surface area contributed by atoms with Crippen molar-refractivity contribution >= 4 is 17.2 Å². The number of rotatable bonds is 3. The van der Waals surface area contributed by atoms with Crippen LogP contribution in [0, 0.1) is 0 Å². The zero-order chi connectivity index (χ0) is 13.9. The number of aromatic amines is 1. The number of nitrogens with two attached hydrogens (primary N) is 1. The summed E-state index contributed by atoms with van der Waals surface area (Å²) in [5, 5.41) is 8.95. The van der Waals surface area contributed by atoms with Crippen molar-refractivity contribution in [1.29, 1.82) is 0 Å². The first-order valence-electron chi connectivity index (χ1n) is 6.83. The molecular weight excluding hydrogens is 272 g/mol. The van der Waals surface area contributed by atoms with Crippen LogP contribution in [0.25, 0.3) is 0 Å². The number of nitrogens with one attached hydrogen (secondary N) is 1. The minimum absolute atomic E-state index is 0.0247. The molecule has 106 valence electrons. The molecule has 5 nitrogen and oxygen atoms in total. The van der Waals surface area contributed by atoms with Crippen LogP contribution in [-0.4, -0.2) is 34.1 Å². The Kier molecular flexibility index (Phi) is 3.84. The van der Waals surface area contributed by atoms with Crippen LogP contribution in [0.15, 0.2) is 29.8 Å². The van der Waals surface area contributed by atoms with Crippen LogP contribution in [0.3, 0.4) is 0 Å². The zero-order valence-corrected chi connectivity index (χ0v) is 12.0. The fourth-order valence-corrected chi connectivity index (χ4v) is 3.43. The average molecular weight is 290 g/mol. The van der Waals surface area contributed by atoms with Gasteiger partial charge in [0.1, 0.15) is 6.04 Å². The van der Waals surface area contributed by atoms with E-state index in [1.54, 1.807) is 6.20 Å². The summed E-state index contributed by atoms with van der Waals surface area (Å²) in [4.78, 5) is 15.3. The molecule has 0 aromatic carbocycles. The SMILES string of the molecule is NC(C(=O)N1CCCC(c2ccn[nH]2)C1)c1cccs1. The number of aromatic nitrogens is 2. The Hall–Kier alpha value is -1.66. The van der Waals surface area contributed by atoms with E-state index in [4.69, 9.17) is 5.73 Å². The second-order valence-corrected chi connectivity index (χ2v) is 6.11. The van der Waals surface area contributed by atoms with E-state index in [0.29, 0.717) is 5.92 Å². The number of hydrogen-bond donors (Lipinski definition) is 2. The van der Waals surface area contributed by atoms with E-state index in [2.05, 4.69) is 10.2 Å². The Morgan fingerprint density at radius 3 is 3.15 bits per heavy atom. The quantitative estimate of drug-likeness (QED) is 0.906. The molecule has 1 saturated heterocycles. The Morgan fingerprint density at radius 1 is 1.55 bits per heavy atom. The molecule has 2 unspecified atom stereocenters. The Morgan fingerprint density at radius 2 is 2.45 bits per heavy atom. The largest absolute Gasteiger partial charge is 0.340 e. The van der Waals surface area contributed by atoms with Gasteiger partial charge in [0.15, 0.2) is 0 Å². The maximum Gasteiger partial charge on any atom is 0.244 e. The third-order valence-electron chi connectivity index (χ3n) is 3.81. The molecule has 0 aliphatic carbocycles. The number of H-pyrrole nitrogens is 1. The minimum Gasteiger partial charge on any atom is -0.340 e. The second kappa shape index (κ2) is 5.76. The number of thiophene rings is 1. The highest BCUT2D eigenvalue weighted by atomic mass is 32.1. The van der Waals surface area contributed by atoms with Crippen molar-refractivity contribution in [2.45, 2.75) is 24.8 Å². The molecule has 20 heavy (non-hydrogen) atoms. The monoisotopic (exact) mass is 290 g/mol. The topological polar surface area (TPSA) is 75.0 Å². The highest BCUT2D eigenvalue weighted by molar-refractivity contribution is 7.10. The normalized spacial score (nSPS) is 20.9. The summed E-state index contributed by atoms with van der Waals surface area (Å²) in [6.07, 6.45) is 3.85. The van der Waals surface area contributed by atoms with Crippen LogP contribution in [0.5, 0.6) is 0 Å². The lowest BCUT2D eigenvalue weighted by Gasteiger charge is -2.33. The number of likely N-dealkylation sites (tertiary alicyclic amines) is 1. The summed E-state index contributed by atoms with van der Waals surface area (Å²) < 4.78 is 0. The van der Waals surface area contributed by atoms with Gasteiger partial charge in [0.2, 0.25) is 5.91 Å². The highest BCUT2D eigenvalue weighted by Gasteiger charge is 2.29. The van der Waals surface area contributed by atoms with Gasteiger partial charge in [-0.15, -0.1) is 11.3 Å². The summed E-state index contributed by atoms with van der Waals surface area (Å²) in [7, 11) is 0. The molecule has 1 fully saturated rings. The van der Waals surface area contributed by atoms with Gasteiger partial charge in [0.25, 0.3) is 0 Å². The zero-order valence-electron chi connectivity index (χ0n) is 11.2. The molecule has 0 bridgehead atoms. The standard InChI is InChI=1S/C14H18N4OS/c15-13(12-4-2-8-20-12)14(19)18-7-1-3-10(9-18)11-5-6-16-17-11/h2,4-6,8,10,13H,1,3,7,9,15H2,(H,16,17). The van der Waals surface area contributed by atoms with Crippen molar-refractivity contribution in [3.8, 4) is 0 Å². The number of carbonyl (C=O) groups excluding carboxylic acids is 1. The van der Waals surface area contributed by atoms with E-state index in [0.717, 1.165) is 36.5 Å². The highest BCUT2D eigenvalue weighted by Crippen LogP contribution is 2.27. The van der Waals surface area contributed by atoms with Crippen LogP contribution < -0.4 is 5.73 Å². The average Bonchev–Trinajstić information content (AvgIpc) is 3.18. The fourth-order valence-electron chi connectivity index (χ4n) is 2.71. The van der Waals surface area contributed by atoms with Crippen molar-refractivity contribution in [2.24, 2.45) is 5.73 Å². The van der Waals surface area contributed by atoms with Crippen molar-refractivity contribution in [2.75, 3.05) is 13.1 Å². The summed E-state index contributed by atoms with van der Waals surface area (Å²) in [6.45, 7) is 1.52. The van der Waals surface area contributed by atoms with Gasteiger partial charge in [-0.2, -0.15) is 5.10 Å². The number of piperidine rings is 1. The molecule has 0 saturated carbocycles. The lowest BCUT2D eigenvalue weighted by atomic mass is 9.94. The molecule has 3 rings (SSSR count). The smallest absolute Gasteiger partial charge is 0.244 e. The number of hydrogen-bond acceptors (Lipinski definition) is 4. The number of amides is 1. The van der Waals surface area contributed by atoms with E-state index in [-0.39, 0.29) is 5.91 Å². The number of nitrogens with zero attached hydrogens (tertiary/aromatic N) is 2. The molecule has 2 aromatic rings.